The molecule has 0 spiro atoms. The molecule has 3 nitrogen and oxygen atoms in total. The molecule has 1 aliphatic heterocycles. The second-order valence-corrected chi connectivity index (χ2v) is 5.00. The van der Waals surface area contributed by atoms with E-state index in [0.717, 1.165) is 6.08 Å². The third-order valence-corrected chi connectivity index (χ3v) is 3.10. The van der Waals surface area contributed by atoms with Crippen LogP contribution in [0.5, 0.6) is 5.75 Å². The third kappa shape index (κ3) is 2.60. The van der Waals surface area contributed by atoms with Crippen molar-refractivity contribution in [1.29, 1.82) is 0 Å². The minimum Gasteiger partial charge on any atom is -0.478 e. The highest BCUT2D eigenvalue weighted by molar-refractivity contribution is 9.10. The van der Waals surface area contributed by atoms with E-state index in [9.17, 15) is 18.0 Å². The van der Waals surface area contributed by atoms with Gasteiger partial charge in [-0.25, -0.2) is 4.79 Å². The van der Waals surface area contributed by atoms with Gasteiger partial charge in [-0.3, -0.25) is 0 Å². The highest BCUT2D eigenvalue weighted by Gasteiger charge is 2.48. The zero-order valence-electron chi connectivity index (χ0n) is 9.58. The Bertz CT molecular complexity index is 578. The van der Waals surface area contributed by atoms with Crippen molar-refractivity contribution in [3.8, 4) is 5.75 Å². The van der Waals surface area contributed by atoms with Gasteiger partial charge in [-0.05, 0) is 30.7 Å². The molecule has 2 rings (SSSR count). The van der Waals surface area contributed by atoms with Gasteiger partial charge < -0.3 is 9.84 Å². The molecule has 1 N–H and O–H groups in total. The summed E-state index contributed by atoms with van der Waals surface area (Å²) in [5.74, 6) is -1.60. The van der Waals surface area contributed by atoms with Crippen molar-refractivity contribution in [3.05, 3.63) is 33.3 Å². The Morgan fingerprint density at radius 1 is 1.42 bits per heavy atom. The summed E-state index contributed by atoms with van der Waals surface area (Å²) in [5, 5.41) is 8.88. The molecule has 0 saturated heterocycles. The Balaban J connectivity index is 2.61. The number of halogens is 4. The molecule has 0 fully saturated rings. The van der Waals surface area contributed by atoms with Crippen molar-refractivity contribution < 1.29 is 27.8 Å². The number of aryl methyl sites for hydroxylation is 1. The fourth-order valence-electron chi connectivity index (χ4n) is 1.87. The molecule has 1 aromatic carbocycles. The van der Waals surface area contributed by atoms with Crippen LogP contribution in [0.3, 0.4) is 0 Å². The summed E-state index contributed by atoms with van der Waals surface area (Å²) in [6, 6.07) is 3.11. The van der Waals surface area contributed by atoms with Gasteiger partial charge in [0, 0.05) is 10.0 Å². The lowest BCUT2D eigenvalue weighted by Crippen LogP contribution is -2.40. The number of hydrogen-bond donors (Lipinski definition) is 1. The van der Waals surface area contributed by atoms with Gasteiger partial charge in [-0.15, -0.1) is 0 Å². The van der Waals surface area contributed by atoms with Gasteiger partial charge in [-0.1, -0.05) is 15.9 Å². The third-order valence-electron chi connectivity index (χ3n) is 2.64. The molecule has 0 unspecified atom stereocenters. The number of aliphatic carboxylic acids is 1. The number of alkyl halides is 3. The Hall–Kier alpha value is -1.50. The molecule has 0 amide bonds. The molecule has 102 valence electrons. The first-order valence-corrected chi connectivity index (χ1v) is 5.98. The minimum atomic E-state index is -4.78. The Morgan fingerprint density at radius 2 is 2.05 bits per heavy atom. The standard InChI is InChI=1S/C12H8BrF3O3/c1-5-2-7(13)3-6-4-8(11(17)18)10(12(14,15)16)19-9(5)6/h2-4,10H,1H3,(H,17,18)/t10-/m1/s1. The molecular formula is C12H8BrF3O3. The summed E-state index contributed by atoms with van der Waals surface area (Å²) in [6.07, 6.45) is -6.23. The number of ether oxygens (including phenoxy) is 1. The largest absolute Gasteiger partial charge is 0.478 e. The van der Waals surface area contributed by atoms with Crippen LogP contribution in [0, 0.1) is 6.92 Å². The zero-order valence-corrected chi connectivity index (χ0v) is 11.2. The van der Waals surface area contributed by atoms with E-state index in [1.165, 1.54) is 6.07 Å². The Kier molecular flexibility index (Phi) is 3.34. The summed E-state index contributed by atoms with van der Waals surface area (Å²) >= 11 is 3.20. The summed E-state index contributed by atoms with van der Waals surface area (Å²) in [7, 11) is 0. The lowest BCUT2D eigenvalue weighted by atomic mass is 9.99. The van der Waals surface area contributed by atoms with Crippen molar-refractivity contribution in [2.75, 3.05) is 0 Å². The lowest BCUT2D eigenvalue weighted by Gasteiger charge is -2.28. The number of carbonyl (C=O) groups is 1. The van der Waals surface area contributed by atoms with Crippen molar-refractivity contribution >= 4 is 28.0 Å². The van der Waals surface area contributed by atoms with E-state index >= 15 is 0 Å². The quantitative estimate of drug-likeness (QED) is 0.853. The van der Waals surface area contributed by atoms with Gasteiger partial charge in [0.2, 0.25) is 6.10 Å². The Morgan fingerprint density at radius 3 is 2.58 bits per heavy atom. The molecule has 0 aliphatic carbocycles. The topological polar surface area (TPSA) is 46.5 Å². The average Bonchev–Trinajstić information content (AvgIpc) is 2.25. The second kappa shape index (κ2) is 4.56. The van der Waals surface area contributed by atoms with E-state index in [0.29, 0.717) is 15.6 Å². The van der Waals surface area contributed by atoms with E-state index in [-0.39, 0.29) is 5.75 Å². The van der Waals surface area contributed by atoms with Crippen LogP contribution >= 0.6 is 15.9 Å². The predicted octanol–water partition coefficient (Wildman–Crippen LogP) is 3.55. The molecule has 1 aliphatic rings. The first-order valence-electron chi connectivity index (χ1n) is 5.18. The van der Waals surface area contributed by atoms with E-state index in [2.05, 4.69) is 15.9 Å². The molecule has 1 aromatic rings. The molecule has 19 heavy (non-hydrogen) atoms. The van der Waals surface area contributed by atoms with E-state index in [4.69, 9.17) is 9.84 Å². The summed E-state index contributed by atoms with van der Waals surface area (Å²) in [4.78, 5) is 10.9. The maximum absolute atomic E-state index is 12.8. The zero-order chi connectivity index (χ0) is 14.4. The number of rotatable bonds is 1. The van der Waals surface area contributed by atoms with Crippen LogP contribution in [-0.4, -0.2) is 23.4 Å². The van der Waals surface area contributed by atoms with Crippen molar-refractivity contribution in [2.24, 2.45) is 0 Å². The summed E-state index contributed by atoms with van der Waals surface area (Å²) in [6.45, 7) is 1.59. The van der Waals surface area contributed by atoms with Crippen LogP contribution in [0.1, 0.15) is 11.1 Å². The number of benzene rings is 1. The van der Waals surface area contributed by atoms with Crippen LogP contribution in [0.15, 0.2) is 22.2 Å². The minimum absolute atomic E-state index is 0.0514. The lowest BCUT2D eigenvalue weighted by molar-refractivity contribution is -0.187. The highest BCUT2D eigenvalue weighted by atomic mass is 79.9. The fraction of sp³-hybridized carbons (Fsp3) is 0.250. The molecule has 0 aromatic heterocycles. The Labute approximate surface area is 114 Å². The first-order chi connectivity index (χ1) is 8.70. The smallest absolute Gasteiger partial charge is 0.430 e. The van der Waals surface area contributed by atoms with Gasteiger partial charge in [0.05, 0.1) is 5.57 Å². The normalized spacial score (nSPS) is 18.4. The highest BCUT2D eigenvalue weighted by Crippen LogP contribution is 2.40. The van der Waals surface area contributed by atoms with Crippen molar-refractivity contribution in [2.45, 2.75) is 19.2 Å². The first kappa shape index (κ1) is 13.9. The summed E-state index contributed by atoms with van der Waals surface area (Å²) < 4.78 is 44.0. The molecule has 0 bridgehead atoms. The van der Waals surface area contributed by atoms with Gasteiger partial charge in [-0.2, -0.15) is 13.2 Å². The maximum Gasteiger partial charge on any atom is 0.430 e. The molecule has 1 atom stereocenters. The van der Waals surface area contributed by atoms with E-state index in [1.54, 1.807) is 13.0 Å². The molecule has 7 heteroatoms. The van der Waals surface area contributed by atoms with Crippen LogP contribution in [0.25, 0.3) is 6.08 Å². The predicted molar refractivity (Wildman–Crippen MR) is 65.0 cm³/mol. The van der Waals surface area contributed by atoms with Gasteiger partial charge >= 0.3 is 12.1 Å². The molecule has 0 radical (unpaired) electrons. The molecule has 1 heterocycles. The number of hydrogen-bond acceptors (Lipinski definition) is 2. The fourth-order valence-corrected chi connectivity index (χ4v) is 2.46. The summed E-state index contributed by atoms with van der Waals surface area (Å²) in [5.41, 5.74) is -0.0124. The van der Waals surface area contributed by atoms with E-state index in [1.807, 2.05) is 0 Å². The van der Waals surface area contributed by atoms with Crippen LogP contribution < -0.4 is 4.74 Å². The van der Waals surface area contributed by atoms with Gasteiger partial charge in [0.25, 0.3) is 0 Å². The van der Waals surface area contributed by atoms with E-state index < -0.39 is 23.8 Å². The number of fused-ring (bicyclic) bond motifs is 1. The van der Waals surface area contributed by atoms with Crippen molar-refractivity contribution in [1.82, 2.24) is 0 Å². The van der Waals surface area contributed by atoms with Crippen molar-refractivity contribution in [3.63, 3.8) is 0 Å². The van der Waals surface area contributed by atoms with Crippen LogP contribution in [-0.2, 0) is 4.79 Å². The van der Waals surface area contributed by atoms with Crippen LogP contribution in [0.2, 0.25) is 0 Å². The van der Waals surface area contributed by atoms with Gasteiger partial charge in [0.1, 0.15) is 5.75 Å². The van der Waals surface area contributed by atoms with Gasteiger partial charge in [0.15, 0.2) is 0 Å². The molecule has 0 saturated carbocycles. The second-order valence-electron chi connectivity index (χ2n) is 4.09. The number of carboxylic acids is 1. The average molecular weight is 337 g/mol. The maximum atomic E-state index is 12.8. The SMILES string of the molecule is Cc1cc(Br)cc2c1O[C@@H](C(F)(F)F)C(C(=O)O)=C2. The number of carboxylic acid groups (broad SMARTS) is 1. The monoisotopic (exact) mass is 336 g/mol. The molecular weight excluding hydrogens is 329 g/mol. The van der Waals surface area contributed by atoms with Crippen LogP contribution in [0.4, 0.5) is 13.2 Å².